The molecule has 0 saturated carbocycles. The zero-order valence-corrected chi connectivity index (χ0v) is 15.4. The predicted octanol–water partition coefficient (Wildman–Crippen LogP) is 3.32. The van der Waals surface area contributed by atoms with E-state index >= 15 is 0 Å². The SMILES string of the molecule is O=S(=O)(Cc1ccc(F)cc1)NCCc1nc(-c2ccc(O)cc2)cs1. The summed E-state index contributed by atoms with van der Waals surface area (Å²) >= 11 is 1.45. The molecule has 136 valence electrons. The molecule has 0 bridgehead atoms. The van der Waals surface area contributed by atoms with E-state index in [0.29, 0.717) is 12.0 Å². The number of nitrogens with one attached hydrogen (secondary N) is 1. The first kappa shape index (κ1) is 18.5. The van der Waals surface area contributed by atoms with Crippen molar-refractivity contribution in [3.8, 4) is 17.0 Å². The summed E-state index contributed by atoms with van der Waals surface area (Å²) in [5, 5.41) is 12.0. The molecule has 1 aromatic heterocycles. The van der Waals surface area contributed by atoms with Gasteiger partial charge in [0.05, 0.1) is 16.5 Å². The molecule has 0 spiro atoms. The fourth-order valence-corrected chi connectivity index (χ4v) is 4.31. The third-order valence-electron chi connectivity index (χ3n) is 3.65. The van der Waals surface area contributed by atoms with Crippen LogP contribution in [0.15, 0.2) is 53.9 Å². The molecule has 3 rings (SSSR count). The number of nitrogens with zero attached hydrogens (tertiary/aromatic N) is 1. The lowest BCUT2D eigenvalue weighted by Crippen LogP contribution is -2.27. The van der Waals surface area contributed by atoms with E-state index in [2.05, 4.69) is 9.71 Å². The van der Waals surface area contributed by atoms with E-state index < -0.39 is 15.8 Å². The molecule has 0 amide bonds. The third kappa shape index (κ3) is 5.10. The van der Waals surface area contributed by atoms with Crippen LogP contribution < -0.4 is 4.72 Å². The van der Waals surface area contributed by atoms with E-state index in [1.54, 1.807) is 24.3 Å². The number of halogens is 1. The fraction of sp³-hybridized carbons (Fsp3) is 0.167. The van der Waals surface area contributed by atoms with Crippen LogP contribution in [-0.2, 0) is 22.2 Å². The molecule has 0 radical (unpaired) electrons. The zero-order chi connectivity index (χ0) is 18.6. The summed E-state index contributed by atoms with van der Waals surface area (Å²) in [6.45, 7) is 0.242. The summed E-state index contributed by atoms with van der Waals surface area (Å²) in [7, 11) is -3.49. The maximum atomic E-state index is 12.9. The second kappa shape index (κ2) is 7.94. The van der Waals surface area contributed by atoms with Gasteiger partial charge in [-0.15, -0.1) is 11.3 Å². The van der Waals surface area contributed by atoms with E-state index in [9.17, 15) is 17.9 Å². The second-order valence-corrected chi connectivity index (χ2v) is 8.45. The first-order valence-corrected chi connectivity index (χ1v) is 10.4. The topological polar surface area (TPSA) is 79.3 Å². The van der Waals surface area contributed by atoms with Crippen LogP contribution in [0.1, 0.15) is 10.6 Å². The molecule has 0 atom stereocenters. The molecule has 0 fully saturated rings. The van der Waals surface area contributed by atoms with Crippen LogP contribution >= 0.6 is 11.3 Å². The smallest absolute Gasteiger partial charge is 0.215 e. The number of hydrogen-bond donors (Lipinski definition) is 2. The van der Waals surface area contributed by atoms with E-state index in [1.807, 2.05) is 5.38 Å². The molecular formula is C18H17FN2O3S2. The van der Waals surface area contributed by atoms with Gasteiger partial charge in [0.15, 0.2) is 0 Å². The van der Waals surface area contributed by atoms with Gasteiger partial charge in [0.1, 0.15) is 11.6 Å². The van der Waals surface area contributed by atoms with Gasteiger partial charge in [-0.1, -0.05) is 12.1 Å². The summed E-state index contributed by atoms with van der Waals surface area (Å²) in [6, 6.07) is 12.1. The van der Waals surface area contributed by atoms with Crippen molar-refractivity contribution in [3.63, 3.8) is 0 Å². The molecule has 8 heteroatoms. The molecule has 3 aromatic rings. The van der Waals surface area contributed by atoms with Crippen molar-refractivity contribution >= 4 is 21.4 Å². The largest absolute Gasteiger partial charge is 0.508 e. The van der Waals surface area contributed by atoms with Gasteiger partial charge >= 0.3 is 0 Å². The maximum Gasteiger partial charge on any atom is 0.215 e. The van der Waals surface area contributed by atoms with E-state index in [-0.39, 0.29) is 18.0 Å². The number of rotatable bonds is 7. The number of thiazole rings is 1. The molecule has 0 unspecified atom stereocenters. The van der Waals surface area contributed by atoms with Crippen LogP contribution in [0.3, 0.4) is 0 Å². The standard InChI is InChI=1S/C18H17FN2O3S2/c19-15-5-1-13(2-6-15)12-26(23,24)20-10-9-18-21-17(11-25-18)14-3-7-16(22)8-4-14/h1-8,11,20,22H,9-10,12H2. The Kier molecular flexibility index (Phi) is 5.65. The molecule has 0 aliphatic heterocycles. The van der Waals surface area contributed by atoms with Gasteiger partial charge in [-0.3, -0.25) is 0 Å². The van der Waals surface area contributed by atoms with Gasteiger partial charge < -0.3 is 5.11 Å². The fourth-order valence-electron chi connectivity index (χ4n) is 2.36. The van der Waals surface area contributed by atoms with Crippen molar-refractivity contribution in [1.29, 1.82) is 0 Å². The van der Waals surface area contributed by atoms with Crippen LogP contribution in [0.5, 0.6) is 5.75 Å². The number of aromatic nitrogens is 1. The highest BCUT2D eigenvalue weighted by Crippen LogP contribution is 2.23. The van der Waals surface area contributed by atoms with Crippen molar-refractivity contribution in [1.82, 2.24) is 9.71 Å². The van der Waals surface area contributed by atoms with E-state index in [4.69, 9.17) is 0 Å². The molecule has 1 heterocycles. The second-order valence-electron chi connectivity index (χ2n) is 5.70. The quantitative estimate of drug-likeness (QED) is 0.647. The lowest BCUT2D eigenvalue weighted by atomic mass is 10.2. The highest BCUT2D eigenvalue weighted by molar-refractivity contribution is 7.88. The monoisotopic (exact) mass is 392 g/mol. The number of phenols is 1. The predicted molar refractivity (Wildman–Crippen MR) is 99.9 cm³/mol. The Morgan fingerprint density at radius 1 is 1.08 bits per heavy atom. The molecule has 0 aliphatic carbocycles. The molecule has 26 heavy (non-hydrogen) atoms. The molecule has 2 N–H and O–H groups in total. The average molecular weight is 392 g/mol. The molecule has 0 aliphatic rings. The van der Waals surface area contributed by atoms with Gasteiger partial charge in [-0.25, -0.2) is 22.5 Å². The number of phenolic OH excluding ortho intramolecular Hbond substituents is 1. The maximum absolute atomic E-state index is 12.9. The Bertz CT molecular complexity index is 968. The highest BCUT2D eigenvalue weighted by Gasteiger charge is 2.12. The van der Waals surface area contributed by atoms with E-state index in [1.165, 1.54) is 35.6 Å². The van der Waals surface area contributed by atoms with Gasteiger partial charge in [-0.05, 0) is 42.0 Å². The zero-order valence-electron chi connectivity index (χ0n) is 13.7. The first-order valence-electron chi connectivity index (χ1n) is 7.87. The minimum Gasteiger partial charge on any atom is -0.508 e. The van der Waals surface area contributed by atoms with Crippen LogP contribution in [0.4, 0.5) is 4.39 Å². The van der Waals surface area contributed by atoms with Crippen molar-refractivity contribution in [3.05, 3.63) is 70.3 Å². The van der Waals surface area contributed by atoms with Crippen molar-refractivity contribution in [2.24, 2.45) is 0 Å². The first-order chi connectivity index (χ1) is 12.4. The summed E-state index contributed by atoms with van der Waals surface area (Å²) in [4.78, 5) is 4.48. The minimum absolute atomic E-state index is 0.191. The Labute approximate surface area is 155 Å². The van der Waals surface area contributed by atoms with Crippen LogP contribution in [-0.4, -0.2) is 25.1 Å². The summed E-state index contributed by atoms with van der Waals surface area (Å²) in [5.41, 5.74) is 2.21. The molecule has 0 saturated heterocycles. The van der Waals surface area contributed by atoms with Crippen molar-refractivity contribution in [2.75, 3.05) is 6.54 Å². The van der Waals surface area contributed by atoms with Crippen LogP contribution in [0.2, 0.25) is 0 Å². The highest BCUT2D eigenvalue weighted by atomic mass is 32.2. The van der Waals surface area contributed by atoms with Crippen molar-refractivity contribution in [2.45, 2.75) is 12.2 Å². The number of benzene rings is 2. The van der Waals surface area contributed by atoms with Crippen LogP contribution in [0.25, 0.3) is 11.3 Å². The number of aromatic hydroxyl groups is 1. The van der Waals surface area contributed by atoms with Gasteiger partial charge in [0, 0.05) is 23.9 Å². The summed E-state index contributed by atoms with van der Waals surface area (Å²) in [6.07, 6.45) is 0.478. The van der Waals surface area contributed by atoms with E-state index in [0.717, 1.165) is 16.3 Å². The summed E-state index contributed by atoms with van der Waals surface area (Å²) < 4.78 is 39.6. The average Bonchev–Trinajstić information content (AvgIpc) is 3.06. The summed E-state index contributed by atoms with van der Waals surface area (Å²) in [5.74, 6) is -0.392. The Hall–Kier alpha value is -2.29. The lowest BCUT2D eigenvalue weighted by molar-refractivity contribution is 0.475. The minimum atomic E-state index is -3.49. The van der Waals surface area contributed by atoms with Gasteiger partial charge in [0.2, 0.25) is 10.0 Å². The Morgan fingerprint density at radius 2 is 1.77 bits per heavy atom. The Balaban J connectivity index is 1.54. The normalized spacial score (nSPS) is 11.6. The molecule has 5 nitrogen and oxygen atoms in total. The van der Waals surface area contributed by atoms with Crippen LogP contribution in [0, 0.1) is 5.82 Å². The lowest BCUT2D eigenvalue weighted by Gasteiger charge is -2.06. The van der Waals surface area contributed by atoms with Gasteiger partial charge in [-0.2, -0.15) is 0 Å². The molecule has 2 aromatic carbocycles. The molecular weight excluding hydrogens is 375 g/mol. The van der Waals surface area contributed by atoms with Crippen molar-refractivity contribution < 1.29 is 17.9 Å². The third-order valence-corrected chi connectivity index (χ3v) is 5.91. The number of sulfonamides is 1. The number of hydrogen-bond acceptors (Lipinski definition) is 5. The van der Waals surface area contributed by atoms with Gasteiger partial charge in [0.25, 0.3) is 0 Å². The Morgan fingerprint density at radius 3 is 2.46 bits per heavy atom.